The molecule has 4 nitrogen and oxygen atoms in total. The second-order valence-corrected chi connectivity index (χ2v) is 7.62. The number of ether oxygens (including phenoxy) is 1. The largest absolute Gasteiger partial charge is 0.494 e. The Morgan fingerprint density at radius 3 is 2.84 bits per heavy atom. The third-order valence-electron chi connectivity index (χ3n) is 3.89. The summed E-state index contributed by atoms with van der Waals surface area (Å²) in [4.78, 5) is 18.8. The third-order valence-corrected chi connectivity index (χ3v) is 6.12. The average Bonchev–Trinajstić information content (AvgIpc) is 3.18. The number of carbonyl (C=O) groups is 1. The van der Waals surface area contributed by atoms with Gasteiger partial charge in [0.15, 0.2) is 5.13 Å². The van der Waals surface area contributed by atoms with E-state index in [-0.39, 0.29) is 17.1 Å². The number of halogens is 1. The van der Waals surface area contributed by atoms with Crippen molar-refractivity contribution in [2.45, 2.75) is 12.3 Å². The Morgan fingerprint density at radius 2 is 2.08 bits per heavy atom. The van der Waals surface area contributed by atoms with Gasteiger partial charge in [0.1, 0.15) is 16.9 Å². The van der Waals surface area contributed by atoms with Crippen molar-refractivity contribution in [3.63, 3.8) is 0 Å². The summed E-state index contributed by atoms with van der Waals surface area (Å²) in [5.74, 6) is 0.918. The van der Waals surface area contributed by atoms with Crippen LogP contribution in [0.25, 0.3) is 10.2 Å². The Labute approximate surface area is 152 Å². The maximum Gasteiger partial charge on any atom is 0.240 e. The fourth-order valence-corrected chi connectivity index (χ4v) is 5.02. The molecule has 1 aliphatic rings. The van der Waals surface area contributed by atoms with E-state index in [4.69, 9.17) is 4.74 Å². The van der Waals surface area contributed by atoms with Crippen molar-refractivity contribution in [3.8, 4) is 5.75 Å². The predicted molar refractivity (Wildman–Crippen MR) is 99.9 cm³/mol. The zero-order chi connectivity index (χ0) is 17.4. The number of thiazole rings is 1. The fourth-order valence-electron chi connectivity index (χ4n) is 2.76. The van der Waals surface area contributed by atoms with E-state index in [0.29, 0.717) is 17.5 Å². The van der Waals surface area contributed by atoms with E-state index >= 15 is 0 Å². The van der Waals surface area contributed by atoms with Crippen molar-refractivity contribution in [1.29, 1.82) is 0 Å². The smallest absolute Gasteiger partial charge is 0.240 e. The zero-order valence-corrected chi connectivity index (χ0v) is 15.1. The number of amides is 1. The van der Waals surface area contributed by atoms with E-state index in [9.17, 15) is 9.18 Å². The van der Waals surface area contributed by atoms with Gasteiger partial charge in [-0.1, -0.05) is 23.5 Å². The lowest BCUT2D eigenvalue weighted by molar-refractivity contribution is -0.115. The first kappa shape index (κ1) is 16.4. The van der Waals surface area contributed by atoms with E-state index in [0.717, 1.165) is 21.5 Å². The SMILES string of the molecule is CCOc1ccc2nc(N3C(=O)CSC3c3ccc(F)cc3)sc2c1. The van der Waals surface area contributed by atoms with Gasteiger partial charge >= 0.3 is 0 Å². The minimum absolute atomic E-state index is 0.0170. The molecule has 2 heterocycles. The number of benzene rings is 2. The minimum Gasteiger partial charge on any atom is -0.494 e. The highest BCUT2D eigenvalue weighted by atomic mass is 32.2. The van der Waals surface area contributed by atoms with Gasteiger partial charge in [0, 0.05) is 0 Å². The fraction of sp³-hybridized carbons (Fsp3) is 0.222. The highest BCUT2D eigenvalue weighted by molar-refractivity contribution is 8.00. The molecule has 128 valence electrons. The first-order chi connectivity index (χ1) is 12.2. The van der Waals surface area contributed by atoms with Gasteiger partial charge in [-0.25, -0.2) is 9.37 Å². The lowest BCUT2D eigenvalue weighted by atomic mass is 10.2. The highest BCUT2D eigenvalue weighted by Crippen LogP contribution is 2.44. The van der Waals surface area contributed by atoms with Crippen LogP contribution in [0.4, 0.5) is 9.52 Å². The van der Waals surface area contributed by atoms with Gasteiger partial charge in [0.25, 0.3) is 0 Å². The molecular formula is C18H15FN2O2S2. The second-order valence-electron chi connectivity index (χ2n) is 5.54. The summed E-state index contributed by atoms with van der Waals surface area (Å²) >= 11 is 3.00. The molecule has 25 heavy (non-hydrogen) atoms. The Hall–Kier alpha value is -2.12. The van der Waals surface area contributed by atoms with Gasteiger partial charge in [-0.05, 0) is 42.8 Å². The summed E-state index contributed by atoms with van der Waals surface area (Å²) in [5, 5.41) is 0.480. The molecule has 1 unspecified atom stereocenters. The Bertz CT molecular complexity index is 926. The monoisotopic (exact) mass is 374 g/mol. The summed E-state index contributed by atoms with van der Waals surface area (Å²) < 4.78 is 19.7. The van der Waals surface area contributed by atoms with Crippen molar-refractivity contribution < 1.29 is 13.9 Å². The molecule has 1 fully saturated rings. The van der Waals surface area contributed by atoms with Gasteiger partial charge < -0.3 is 4.74 Å². The predicted octanol–water partition coefficient (Wildman–Crippen LogP) is 4.61. The molecule has 7 heteroatoms. The van der Waals surface area contributed by atoms with Gasteiger partial charge in [-0.3, -0.25) is 9.69 Å². The maximum absolute atomic E-state index is 13.2. The van der Waals surface area contributed by atoms with Crippen molar-refractivity contribution >= 4 is 44.4 Å². The number of fused-ring (bicyclic) bond motifs is 1. The third kappa shape index (κ3) is 3.09. The van der Waals surface area contributed by atoms with Crippen LogP contribution in [0.2, 0.25) is 0 Å². The molecule has 1 amide bonds. The first-order valence-electron chi connectivity index (χ1n) is 7.88. The first-order valence-corrected chi connectivity index (χ1v) is 9.75. The number of carbonyl (C=O) groups excluding carboxylic acids is 1. The lowest BCUT2D eigenvalue weighted by Crippen LogP contribution is -2.27. The number of anilines is 1. The van der Waals surface area contributed by atoms with E-state index in [1.54, 1.807) is 17.0 Å². The van der Waals surface area contributed by atoms with Gasteiger partial charge in [0.05, 0.1) is 22.6 Å². The van der Waals surface area contributed by atoms with Crippen molar-refractivity contribution in [1.82, 2.24) is 4.98 Å². The molecule has 1 saturated heterocycles. The molecule has 3 aromatic rings. The van der Waals surface area contributed by atoms with Crippen LogP contribution in [-0.4, -0.2) is 23.3 Å². The number of hydrogen-bond donors (Lipinski definition) is 0. The zero-order valence-electron chi connectivity index (χ0n) is 13.4. The Morgan fingerprint density at radius 1 is 1.28 bits per heavy atom. The lowest BCUT2D eigenvalue weighted by Gasteiger charge is -2.21. The summed E-state index contributed by atoms with van der Waals surface area (Å²) in [7, 11) is 0. The maximum atomic E-state index is 13.2. The molecule has 2 aromatic carbocycles. The van der Waals surface area contributed by atoms with Crippen LogP contribution >= 0.6 is 23.1 Å². The summed E-state index contributed by atoms with van der Waals surface area (Å²) in [6, 6.07) is 12.0. The molecule has 1 aliphatic heterocycles. The summed E-state index contributed by atoms with van der Waals surface area (Å²) in [6.45, 7) is 2.54. The van der Waals surface area contributed by atoms with Gasteiger partial charge in [0.2, 0.25) is 5.91 Å². The number of aromatic nitrogens is 1. The molecular weight excluding hydrogens is 359 g/mol. The second kappa shape index (κ2) is 6.65. The summed E-state index contributed by atoms with van der Waals surface area (Å²) in [5.41, 5.74) is 1.73. The number of nitrogens with zero attached hydrogens (tertiary/aromatic N) is 2. The van der Waals surface area contributed by atoms with Gasteiger partial charge in [-0.15, -0.1) is 11.8 Å². The topological polar surface area (TPSA) is 42.4 Å². The van der Waals surface area contributed by atoms with Crippen LogP contribution in [0.15, 0.2) is 42.5 Å². The van der Waals surface area contributed by atoms with Crippen LogP contribution < -0.4 is 9.64 Å². The summed E-state index contributed by atoms with van der Waals surface area (Å²) in [6.07, 6.45) is 0. The van der Waals surface area contributed by atoms with Crippen LogP contribution in [-0.2, 0) is 4.79 Å². The highest BCUT2D eigenvalue weighted by Gasteiger charge is 2.36. The van der Waals surface area contributed by atoms with Crippen LogP contribution in [0.5, 0.6) is 5.75 Å². The normalized spacial score (nSPS) is 17.4. The molecule has 1 atom stereocenters. The molecule has 4 rings (SSSR count). The van der Waals surface area contributed by atoms with Crippen molar-refractivity contribution in [3.05, 3.63) is 53.8 Å². The molecule has 1 aromatic heterocycles. The minimum atomic E-state index is -0.284. The molecule has 0 spiro atoms. The standard InChI is InChI=1S/C18H15FN2O2S2/c1-2-23-13-7-8-14-15(9-13)25-18(20-14)21-16(22)10-24-17(21)11-3-5-12(19)6-4-11/h3-9,17H,2,10H2,1H3. The van der Waals surface area contributed by atoms with Crippen LogP contribution in [0.1, 0.15) is 17.9 Å². The van der Waals surface area contributed by atoms with E-state index in [1.807, 2.05) is 25.1 Å². The number of thioether (sulfide) groups is 1. The van der Waals surface area contributed by atoms with Crippen molar-refractivity contribution in [2.75, 3.05) is 17.3 Å². The average molecular weight is 374 g/mol. The van der Waals surface area contributed by atoms with Crippen LogP contribution in [0.3, 0.4) is 0 Å². The Kier molecular flexibility index (Phi) is 4.35. The molecule has 0 radical (unpaired) electrons. The Balaban J connectivity index is 1.71. The van der Waals surface area contributed by atoms with Crippen LogP contribution in [0, 0.1) is 5.82 Å². The van der Waals surface area contributed by atoms with E-state index in [1.165, 1.54) is 35.2 Å². The number of rotatable bonds is 4. The number of hydrogen-bond acceptors (Lipinski definition) is 5. The van der Waals surface area contributed by atoms with Crippen molar-refractivity contribution in [2.24, 2.45) is 0 Å². The molecule has 0 bridgehead atoms. The van der Waals surface area contributed by atoms with E-state index < -0.39 is 0 Å². The quantitative estimate of drug-likeness (QED) is 0.669. The molecule has 0 aliphatic carbocycles. The van der Waals surface area contributed by atoms with E-state index in [2.05, 4.69) is 4.98 Å². The van der Waals surface area contributed by atoms with Gasteiger partial charge in [-0.2, -0.15) is 0 Å². The molecule has 0 saturated carbocycles. The molecule has 0 N–H and O–H groups in total.